The van der Waals surface area contributed by atoms with Gasteiger partial charge in [-0.25, -0.2) is 4.90 Å². The zero-order valence-corrected chi connectivity index (χ0v) is 19.2. The second-order valence-electron chi connectivity index (χ2n) is 7.39. The monoisotopic (exact) mass is 466 g/mol. The fraction of sp³-hybridized carbons (Fsp3) is 0.120. The van der Waals surface area contributed by atoms with Crippen LogP contribution in [-0.4, -0.2) is 18.9 Å². The normalized spacial score (nSPS) is 13.7. The predicted molar refractivity (Wildman–Crippen MR) is 128 cm³/mol. The zero-order chi connectivity index (χ0) is 23.0. The number of nitrogens with zero attached hydrogens (tertiary/aromatic N) is 1. The first-order valence-corrected chi connectivity index (χ1v) is 10.6. The molecule has 0 radical (unpaired) electrons. The van der Waals surface area contributed by atoms with Crippen LogP contribution < -0.4 is 15.0 Å². The number of rotatable bonds is 5. The van der Waals surface area contributed by atoms with Gasteiger partial charge in [-0.3, -0.25) is 9.59 Å². The molecule has 0 fully saturated rings. The van der Waals surface area contributed by atoms with E-state index in [1.165, 1.54) is 0 Å². The maximum absolute atomic E-state index is 13.6. The predicted octanol–water partition coefficient (Wildman–Crippen LogP) is 6.02. The Bertz CT molecular complexity index is 1270. The molecule has 1 heterocycles. The van der Waals surface area contributed by atoms with Crippen LogP contribution in [0.15, 0.2) is 66.4 Å². The highest BCUT2D eigenvalue weighted by Gasteiger charge is 2.41. The van der Waals surface area contributed by atoms with E-state index in [1.807, 2.05) is 13.0 Å². The van der Waals surface area contributed by atoms with Crippen LogP contribution in [0.25, 0.3) is 5.57 Å². The number of carbonyl (C=O) groups is 2. The van der Waals surface area contributed by atoms with E-state index in [0.29, 0.717) is 38.3 Å². The number of halogens is 2. The molecule has 0 unspecified atom stereocenters. The van der Waals surface area contributed by atoms with Crippen molar-refractivity contribution in [3.8, 4) is 5.75 Å². The second kappa shape index (κ2) is 8.69. The molecule has 3 aromatic carbocycles. The number of ether oxygens (including phenoxy) is 1. The van der Waals surface area contributed by atoms with E-state index in [2.05, 4.69) is 5.32 Å². The van der Waals surface area contributed by atoms with Crippen LogP contribution in [0, 0.1) is 13.8 Å². The summed E-state index contributed by atoms with van der Waals surface area (Å²) in [6.07, 6.45) is 0. The van der Waals surface area contributed by atoms with Gasteiger partial charge in [-0.15, -0.1) is 0 Å². The summed E-state index contributed by atoms with van der Waals surface area (Å²) in [7, 11) is 1.57. The number of carbonyl (C=O) groups excluding carboxylic acids is 2. The molecule has 4 rings (SSSR count). The molecule has 1 N–H and O–H groups in total. The number of hydrogen-bond donors (Lipinski definition) is 1. The van der Waals surface area contributed by atoms with Crippen molar-refractivity contribution in [2.24, 2.45) is 0 Å². The highest BCUT2D eigenvalue weighted by Crippen LogP contribution is 2.37. The topological polar surface area (TPSA) is 58.6 Å². The van der Waals surface area contributed by atoms with E-state index in [-0.39, 0.29) is 11.3 Å². The van der Waals surface area contributed by atoms with Gasteiger partial charge in [0.15, 0.2) is 0 Å². The van der Waals surface area contributed by atoms with Crippen LogP contribution in [0.1, 0.15) is 16.7 Å². The lowest BCUT2D eigenvalue weighted by Gasteiger charge is -2.18. The van der Waals surface area contributed by atoms with Crippen molar-refractivity contribution in [2.75, 3.05) is 17.3 Å². The van der Waals surface area contributed by atoms with Crippen molar-refractivity contribution in [3.63, 3.8) is 0 Å². The van der Waals surface area contributed by atoms with Gasteiger partial charge in [-0.2, -0.15) is 0 Å². The number of nitrogens with one attached hydrogen (secondary N) is 1. The molecule has 0 aromatic heterocycles. The largest absolute Gasteiger partial charge is 0.497 e. The molecule has 0 spiro atoms. The standard InChI is InChI=1S/C25H20Cl2N2O3/c1-14-7-10-17(26)13-20(14)28-23-22(16-8-11-18(32-3)12-9-16)24(30)29(25(23)31)21-6-4-5-19(27)15(21)2/h4-13,28H,1-3H3. The first-order valence-electron chi connectivity index (χ1n) is 9.87. The summed E-state index contributed by atoms with van der Waals surface area (Å²) in [5.41, 5.74) is 3.64. The lowest BCUT2D eigenvalue weighted by molar-refractivity contribution is -0.120. The van der Waals surface area contributed by atoms with Crippen molar-refractivity contribution in [3.05, 3.63) is 93.1 Å². The van der Waals surface area contributed by atoms with Crippen LogP contribution >= 0.6 is 23.2 Å². The van der Waals surface area contributed by atoms with E-state index >= 15 is 0 Å². The molecule has 0 saturated carbocycles. The lowest BCUT2D eigenvalue weighted by Crippen LogP contribution is -2.33. The van der Waals surface area contributed by atoms with Crippen LogP contribution in [-0.2, 0) is 9.59 Å². The summed E-state index contributed by atoms with van der Waals surface area (Å²) >= 11 is 12.4. The SMILES string of the molecule is COc1ccc(C2=C(Nc3cc(Cl)ccc3C)C(=O)N(c3cccc(Cl)c3C)C2=O)cc1. The number of amides is 2. The Morgan fingerprint density at radius 3 is 2.31 bits per heavy atom. The lowest BCUT2D eigenvalue weighted by atomic mass is 10.0. The molecule has 0 aliphatic carbocycles. The zero-order valence-electron chi connectivity index (χ0n) is 17.7. The van der Waals surface area contributed by atoms with Crippen molar-refractivity contribution >= 4 is 52.0 Å². The fourth-order valence-corrected chi connectivity index (χ4v) is 3.93. The molecule has 1 aliphatic rings. The Morgan fingerprint density at radius 2 is 1.62 bits per heavy atom. The highest BCUT2D eigenvalue weighted by atomic mass is 35.5. The molecule has 32 heavy (non-hydrogen) atoms. The van der Waals surface area contributed by atoms with Gasteiger partial charge in [-0.1, -0.05) is 47.5 Å². The molecule has 5 nitrogen and oxygen atoms in total. The molecule has 1 aliphatic heterocycles. The van der Waals surface area contributed by atoms with E-state index in [9.17, 15) is 9.59 Å². The summed E-state index contributed by atoms with van der Waals surface area (Å²) in [6.45, 7) is 3.67. The van der Waals surface area contributed by atoms with Crippen molar-refractivity contribution in [1.82, 2.24) is 0 Å². The summed E-state index contributed by atoms with van der Waals surface area (Å²) in [5.74, 6) is -0.257. The third-order valence-electron chi connectivity index (χ3n) is 5.40. The molecular formula is C25H20Cl2N2O3. The molecule has 0 bridgehead atoms. The smallest absolute Gasteiger partial charge is 0.282 e. The maximum atomic E-state index is 13.6. The van der Waals surface area contributed by atoms with Gasteiger partial charge in [0.05, 0.1) is 18.4 Å². The number of anilines is 2. The van der Waals surface area contributed by atoms with Crippen LogP contribution in [0.2, 0.25) is 10.0 Å². The van der Waals surface area contributed by atoms with Gasteiger partial charge in [0.1, 0.15) is 11.4 Å². The minimum Gasteiger partial charge on any atom is -0.497 e. The molecule has 2 amide bonds. The van der Waals surface area contributed by atoms with Gasteiger partial charge >= 0.3 is 0 Å². The van der Waals surface area contributed by atoms with Gasteiger partial charge in [-0.05, 0) is 66.9 Å². The average molecular weight is 467 g/mol. The van der Waals surface area contributed by atoms with E-state index < -0.39 is 11.8 Å². The van der Waals surface area contributed by atoms with Gasteiger partial charge in [0.2, 0.25) is 0 Å². The quantitative estimate of drug-likeness (QED) is 0.467. The molecule has 7 heteroatoms. The molecule has 0 saturated heterocycles. The Morgan fingerprint density at radius 1 is 0.906 bits per heavy atom. The fourth-order valence-electron chi connectivity index (χ4n) is 3.59. The van der Waals surface area contributed by atoms with Gasteiger partial charge in [0, 0.05) is 15.7 Å². The van der Waals surface area contributed by atoms with Gasteiger partial charge < -0.3 is 10.1 Å². The van der Waals surface area contributed by atoms with E-state index in [1.54, 1.807) is 68.6 Å². The van der Waals surface area contributed by atoms with Gasteiger partial charge in [0.25, 0.3) is 11.8 Å². The minimum atomic E-state index is -0.467. The molecule has 3 aromatic rings. The van der Waals surface area contributed by atoms with Crippen molar-refractivity contribution in [1.29, 1.82) is 0 Å². The number of imide groups is 1. The Kier molecular flexibility index (Phi) is 5.96. The third kappa shape index (κ3) is 3.85. The number of methoxy groups -OCH3 is 1. The van der Waals surface area contributed by atoms with E-state index in [0.717, 1.165) is 10.5 Å². The Labute approximate surface area is 196 Å². The second-order valence-corrected chi connectivity index (χ2v) is 8.24. The first-order chi connectivity index (χ1) is 15.3. The van der Waals surface area contributed by atoms with E-state index in [4.69, 9.17) is 27.9 Å². The number of hydrogen-bond acceptors (Lipinski definition) is 4. The summed E-state index contributed by atoms with van der Waals surface area (Å²) in [6, 6.07) is 17.5. The van der Waals surface area contributed by atoms with Crippen LogP contribution in [0.3, 0.4) is 0 Å². The Hall–Kier alpha value is -3.28. The average Bonchev–Trinajstić information content (AvgIpc) is 3.02. The summed E-state index contributed by atoms with van der Waals surface area (Å²) in [5, 5.41) is 4.15. The third-order valence-corrected chi connectivity index (χ3v) is 6.05. The molecule has 162 valence electrons. The van der Waals surface area contributed by atoms with Crippen LogP contribution in [0.4, 0.5) is 11.4 Å². The van der Waals surface area contributed by atoms with Crippen LogP contribution in [0.5, 0.6) is 5.75 Å². The highest BCUT2D eigenvalue weighted by molar-refractivity contribution is 6.46. The number of benzene rings is 3. The molecular weight excluding hydrogens is 447 g/mol. The maximum Gasteiger partial charge on any atom is 0.282 e. The summed E-state index contributed by atoms with van der Waals surface area (Å²) in [4.78, 5) is 28.3. The first kappa shape index (κ1) is 21.9. The van der Waals surface area contributed by atoms with Crippen molar-refractivity contribution < 1.29 is 14.3 Å². The minimum absolute atomic E-state index is 0.171. The van der Waals surface area contributed by atoms with Crippen molar-refractivity contribution in [2.45, 2.75) is 13.8 Å². The number of aryl methyl sites for hydroxylation is 1. The summed E-state index contributed by atoms with van der Waals surface area (Å²) < 4.78 is 5.23. The molecule has 0 atom stereocenters. The Balaban J connectivity index is 1.87.